The fourth-order valence-corrected chi connectivity index (χ4v) is 2.07. The largest absolute Gasteiger partial charge is 0.497 e. The summed E-state index contributed by atoms with van der Waals surface area (Å²) in [6.45, 7) is 0.439. The zero-order valence-corrected chi connectivity index (χ0v) is 13.0. The van der Waals surface area contributed by atoms with Gasteiger partial charge in [0, 0.05) is 6.54 Å². The van der Waals surface area contributed by atoms with E-state index >= 15 is 0 Å². The molecule has 0 saturated heterocycles. The summed E-state index contributed by atoms with van der Waals surface area (Å²) < 4.78 is 20.4. The maximum absolute atomic E-state index is 11.7. The summed E-state index contributed by atoms with van der Waals surface area (Å²) in [7, 11) is 1.62. The molecular weight excluding hydrogens is 312 g/mol. The highest BCUT2D eigenvalue weighted by atomic mass is 16.6. The van der Waals surface area contributed by atoms with Crippen LogP contribution in [0.15, 0.2) is 57.7 Å². The molecule has 7 heteroatoms. The molecule has 1 aromatic carbocycles. The summed E-state index contributed by atoms with van der Waals surface area (Å²) >= 11 is 0. The van der Waals surface area contributed by atoms with Crippen LogP contribution in [0.4, 0.5) is 4.79 Å². The van der Waals surface area contributed by atoms with Crippen LogP contribution in [0.3, 0.4) is 0 Å². The van der Waals surface area contributed by atoms with Crippen molar-refractivity contribution in [2.75, 3.05) is 13.7 Å². The molecule has 0 aliphatic carbocycles. The first kappa shape index (κ1) is 15.7. The number of amides is 1. The maximum atomic E-state index is 11.7. The Hall–Kier alpha value is -3.22. The van der Waals surface area contributed by atoms with Crippen molar-refractivity contribution in [2.45, 2.75) is 6.42 Å². The van der Waals surface area contributed by atoms with E-state index in [1.165, 1.54) is 12.3 Å². The van der Waals surface area contributed by atoms with E-state index in [9.17, 15) is 4.79 Å². The number of furan rings is 1. The third kappa shape index (κ3) is 3.95. The van der Waals surface area contributed by atoms with Gasteiger partial charge in [-0.3, -0.25) is 0 Å². The molecular formula is C17H16N2O5. The average molecular weight is 328 g/mol. The highest BCUT2D eigenvalue weighted by Crippen LogP contribution is 2.23. The Balaban J connectivity index is 1.45. The summed E-state index contributed by atoms with van der Waals surface area (Å²) in [6.07, 6.45) is 1.60. The van der Waals surface area contributed by atoms with Crippen molar-refractivity contribution in [1.29, 1.82) is 0 Å². The third-order valence-electron chi connectivity index (χ3n) is 3.29. The molecule has 2 heterocycles. The Morgan fingerprint density at radius 2 is 2.04 bits per heavy atom. The Labute approximate surface area is 138 Å². The van der Waals surface area contributed by atoms with E-state index in [2.05, 4.69) is 10.5 Å². The Morgan fingerprint density at radius 3 is 2.75 bits per heavy atom. The molecule has 0 aliphatic heterocycles. The number of nitrogens with one attached hydrogen (secondary N) is 1. The third-order valence-corrected chi connectivity index (χ3v) is 3.29. The molecule has 0 bridgehead atoms. The lowest BCUT2D eigenvalue weighted by Crippen LogP contribution is -2.28. The van der Waals surface area contributed by atoms with E-state index in [0.29, 0.717) is 24.5 Å². The van der Waals surface area contributed by atoms with Gasteiger partial charge in [-0.15, -0.1) is 0 Å². The first-order chi connectivity index (χ1) is 11.7. The lowest BCUT2D eigenvalue weighted by atomic mass is 10.1. The topological polar surface area (TPSA) is 86.7 Å². The van der Waals surface area contributed by atoms with E-state index < -0.39 is 6.09 Å². The number of nitrogens with zero attached hydrogens (tertiary/aromatic N) is 1. The maximum Gasteiger partial charge on any atom is 0.414 e. The van der Waals surface area contributed by atoms with Crippen molar-refractivity contribution in [1.82, 2.24) is 10.5 Å². The zero-order chi connectivity index (χ0) is 16.8. The number of carbonyl (C=O) groups excluding carboxylic acids is 1. The molecule has 0 aliphatic rings. The van der Waals surface area contributed by atoms with Crippen LogP contribution in [-0.2, 0) is 6.42 Å². The van der Waals surface area contributed by atoms with Crippen LogP contribution in [0.1, 0.15) is 5.56 Å². The normalized spacial score (nSPS) is 10.4. The number of hydrogen-bond donors (Lipinski definition) is 1. The molecule has 2 aromatic heterocycles. The van der Waals surface area contributed by atoms with E-state index in [-0.39, 0.29) is 5.88 Å². The van der Waals surface area contributed by atoms with Crippen molar-refractivity contribution in [2.24, 2.45) is 0 Å². The SMILES string of the molecule is COc1ccc(CCNC(=O)Oc2cc(-c3ccco3)on2)cc1. The minimum atomic E-state index is -0.595. The molecule has 3 rings (SSSR count). The smallest absolute Gasteiger partial charge is 0.414 e. The Morgan fingerprint density at radius 1 is 1.21 bits per heavy atom. The van der Waals surface area contributed by atoms with Gasteiger partial charge in [-0.05, 0) is 41.4 Å². The second-order valence-corrected chi connectivity index (χ2v) is 4.92. The summed E-state index contributed by atoms with van der Waals surface area (Å²) in [6, 6.07) is 12.6. The van der Waals surface area contributed by atoms with E-state index in [1.807, 2.05) is 24.3 Å². The van der Waals surface area contributed by atoms with Crippen molar-refractivity contribution >= 4 is 6.09 Å². The molecule has 0 spiro atoms. The van der Waals surface area contributed by atoms with Gasteiger partial charge < -0.3 is 23.7 Å². The fraction of sp³-hybridized carbons (Fsp3) is 0.176. The van der Waals surface area contributed by atoms with Gasteiger partial charge >= 0.3 is 6.09 Å². The molecule has 24 heavy (non-hydrogen) atoms. The van der Waals surface area contributed by atoms with Crippen LogP contribution in [0.25, 0.3) is 11.5 Å². The number of hydrogen-bond acceptors (Lipinski definition) is 6. The standard InChI is InChI=1S/C17H16N2O5/c1-21-13-6-4-12(5-7-13)8-9-18-17(20)23-16-11-15(24-19-16)14-3-2-10-22-14/h2-7,10-11H,8-9H2,1H3,(H,18,20). The van der Waals surface area contributed by atoms with Gasteiger partial charge in [-0.2, -0.15) is 0 Å². The Bertz CT molecular complexity index is 778. The number of rotatable bonds is 6. The monoisotopic (exact) mass is 328 g/mol. The number of ether oxygens (including phenoxy) is 2. The van der Waals surface area contributed by atoms with E-state index in [4.69, 9.17) is 18.4 Å². The van der Waals surface area contributed by atoms with Gasteiger partial charge in [0.1, 0.15) is 5.75 Å². The van der Waals surface area contributed by atoms with E-state index in [0.717, 1.165) is 11.3 Å². The van der Waals surface area contributed by atoms with Crippen LogP contribution >= 0.6 is 0 Å². The minimum absolute atomic E-state index is 0.0725. The van der Waals surface area contributed by atoms with Crippen LogP contribution in [0.2, 0.25) is 0 Å². The molecule has 1 N–H and O–H groups in total. The highest BCUT2D eigenvalue weighted by molar-refractivity contribution is 5.70. The van der Waals surface area contributed by atoms with Crippen LogP contribution in [0, 0.1) is 0 Å². The molecule has 124 valence electrons. The number of methoxy groups -OCH3 is 1. The van der Waals surface area contributed by atoms with Crippen LogP contribution in [-0.4, -0.2) is 24.9 Å². The number of carbonyl (C=O) groups is 1. The number of benzene rings is 1. The summed E-state index contributed by atoms with van der Waals surface area (Å²) in [4.78, 5) is 11.7. The molecule has 0 unspecified atom stereocenters. The Kier molecular flexibility index (Phi) is 4.81. The quantitative estimate of drug-likeness (QED) is 0.747. The molecule has 3 aromatic rings. The highest BCUT2D eigenvalue weighted by Gasteiger charge is 2.12. The van der Waals surface area contributed by atoms with Gasteiger partial charge in [0.15, 0.2) is 5.76 Å². The first-order valence-electron chi connectivity index (χ1n) is 7.34. The fourth-order valence-electron chi connectivity index (χ4n) is 2.07. The summed E-state index contributed by atoms with van der Waals surface area (Å²) in [5.74, 6) is 1.77. The average Bonchev–Trinajstić information content (AvgIpc) is 3.27. The van der Waals surface area contributed by atoms with Gasteiger partial charge in [-0.25, -0.2) is 4.79 Å². The van der Waals surface area contributed by atoms with Crippen molar-refractivity contribution in [3.8, 4) is 23.1 Å². The molecule has 0 fully saturated rings. The van der Waals surface area contributed by atoms with Crippen LogP contribution < -0.4 is 14.8 Å². The molecule has 0 atom stereocenters. The van der Waals surface area contributed by atoms with Crippen molar-refractivity contribution in [3.63, 3.8) is 0 Å². The second-order valence-electron chi connectivity index (χ2n) is 4.92. The summed E-state index contributed by atoms with van der Waals surface area (Å²) in [5.41, 5.74) is 1.08. The lowest BCUT2D eigenvalue weighted by Gasteiger charge is -2.05. The van der Waals surface area contributed by atoms with Gasteiger partial charge in [-0.1, -0.05) is 12.1 Å². The number of aromatic nitrogens is 1. The van der Waals surface area contributed by atoms with Gasteiger partial charge in [0.2, 0.25) is 5.76 Å². The van der Waals surface area contributed by atoms with Crippen molar-refractivity contribution in [3.05, 3.63) is 54.3 Å². The minimum Gasteiger partial charge on any atom is -0.497 e. The second kappa shape index (κ2) is 7.36. The molecule has 7 nitrogen and oxygen atoms in total. The van der Waals surface area contributed by atoms with Gasteiger partial charge in [0.05, 0.1) is 19.4 Å². The predicted molar refractivity (Wildman–Crippen MR) is 84.9 cm³/mol. The van der Waals surface area contributed by atoms with Crippen molar-refractivity contribution < 1.29 is 23.2 Å². The zero-order valence-electron chi connectivity index (χ0n) is 13.0. The van der Waals surface area contributed by atoms with E-state index in [1.54, 1.807) is 19.2 Å². The first-order valence-corrected chi connectivity index (χ1v) is 7.34. The van der Waals surface area contributed by atoms with Gasteiger partial charge in [0.25, 0.3) is 5.88 Å². The summed E-state index contributed by atoms with van der Waals surface area (Å²) in [5, 5.41) is 6.32. The van der Waals surface area contributed by atoms with Crippen LogP contribution in [0.5, 0.6) is 11.6 Å². The lowest BCUT2D eigenvalue weighted by molar-refractivity contribution is 0.196. The molecule has 0 saturated carbocycles. The predicted octanol–water partition coefficient (Wildman–Crippen LogP) is 3.27. The molecule has 1 amide bonds. The molecule has 0 radical (unpaired) electrons.